The van der Waals surface area contributed by atoms with Gasteiger partial charge in [0.2, 0.25) is 0 Å². The highest BCUT2D eigenvalue weighted by Crippen LogP contribution is 2.33. The molecule has 0 heterocycles. The van der Waals surface area contributed by atoms with Crippen LogP contribution in [0.25, 0.3) is 21.9 Å². The summed E-state index contributed by atoms with van der Waals surface area (Å²) in [5.41, 5.74) is 10.1. The van der Waals surface area contributed by atoms with Crippen LogP contribution < -0.4 is 11.1 Å². The molecule has 0 spiro atoms. The molecule has 19 heavy (non-hydrogen) atoms. The Morgan fingerprint density at radius 3 is 2.16 bits per heavy atom. The average molecular weight is 248 g/mol. The largest absolute Gasteiger partial charge is 0.399 e. The molecular formula is C17H16N2. The normalized spacial score (nSPS) is 10.6. The highest BCUT2D eigenvalue weighted by molar-refractivity contribution is 6.03. The summed E-state index contributed by atoms with van der Waals surface area (Å²) in [6.07, 6.45) is 0. The Labute approximate surface area is 112 Å². The molecule has 2 heteroatoms. The molecule has 0 aliphatic rings. The fourth-order valence-electron chi connectivity index (χ4n) is 2.43. The maximum atomic E-state index is 5.75. The van der Waals surface area contributed by atoms with Crippen molar-refractivity contribution in [2.24, 2.45) is 0 Å². The molecular weight excluding hydrogens is 232 g/mol. The van der Waals surface area contributed by atoms with E-state index in [1.54, 1.807) is 0 Å². The van der Waals surface area contributed by atoms with E-state index in [1.807, 2.05) is 19.2 Å². The fourth-order valence-corrected chi connectivity index (χ4v) is 2.43. The number of fused-ring (bicyclic) bond motifs is 1. The molecule has 3 rings (SSSR count). The number of hydrogen-bond donors (Lipinski definition) is 2. The molecule has 0 saturated heterocycles. The van der Waals surface area contributed by atoms with E-state index in [4.69, 9.17) is 5.73 Å². The third kappa shape index (κ3) is 2.02. The summed E-state index contributed by atoms with van der Waals surface area (Å²) in [4.78, 5) is 0. The van der Waals surface area contributed by atoms with Crippen LogP contribution in [0.3, 0.4) is 0 Å². The highest BCUT2D eigenvalue weighted by atomic mass is 14.8. The van der Waals surface area contributed by atoms with E-state index < -0.39 is 0 Å². The second-order valence-electron chi connectivity index (χ2n) is 4.58. The zero-order valence-corrected chi connectivity index (χ0v) is 10.9. The SMILES string of the molecule is CNc1ccc(-c2ccc(N)cc2)c2ccccc12. The number of nitrogen functional groups attached to an aromatic ring is 1. The van der Waals surface area contributed by atoms with Crippen molar-refractivity contribution in [2.75, 3.05) is 18.1 Å². The molecule has 0 saturated carbocycles. The van der Waals surface area contributed by atoms with E-state index in [-0.39, 0.29) is 0 Å². The summed E-state index contributed by atoms with van der Waals surface area (Å²) in [5.74, 6) is 0. The molecule has 3 aromatic carbocycles. The van der Waals surface area contributed by atoms with Crippen molar-refractivity contribution >= 4 is 22.1 Å². The molecule has 0 unspecified atom stereocenters. The Morgan fingerprint density at radius 1 is 0.789 bits per heavy atom. The summed E-state index contributed by atoms with van der Waals surface area (Å²) < 4.78 is 0. The van der Waals surface area contributed by atoms with Crippen LogP contribution in [-0.2, 0) is 0 Å². The van der Waals surface area contributed by atoms with Gasteiger partial charge in [-0.2, -0.15) is 0 Å². The topological polar surface area (TPSA) is 38.0 Å². The second kappa shape index (κ2) is 4.65. The number of rotatable bonds is 2. The van der Waals surface area contributed by atoms with Crippen LogP contribution in [-0.4, -0.2) is 7.05 Å². The molecule has 0 aliphatic carbocycles. The van der Waals surface area contributed by atoms with Crippen molar-refractivity contribution in [3.05, 3.63) is 60.7 Å². The summed E-state index contributed by atoms with van der Waals surface area (Å²) in [6.45, 7) is 0. The van der Waals surface area contributed by atoms with Gasteiger partial charge in [-0.25, -0.2) is 0 Å². The molecule has 0 radical (unpaired) electrons. The Hall–Kier alpha value is -2.48. The van der Waals surface area contributed by atoms with Crippen molar-refractivity contribution < 1.29 is 0 Å². The van der Waals surface area contributed by atoms with E-state index in [0.717, 1.165) is 11.4 Å². The highest BCUT2D eigenvalue weighted by Gasteiger charge is 2.06. The van der Waals surface area contributed by atoms with Crippen LogP contribution >= 0.6 is 0 Å². The molecule has 0 fully saturated rings. The third-order valence-electron chi connectivity index (χ3n) is 3.42. The van der Waals surface area contributed by atoms with E-state index >= 15 is 0 Å². The molecule has 0 atom stereocenters. The lowest BCUT2D eigenvalue weighted by atomic mass is 9.97. The zero-order valence-electron chi connectivity index (χ0n) is 10.9. The van der Waals surface area contributed by atoms with Crippen molar-refractivity contribution in [2.45, 2.75) is 0 Å². The Bertz CT molecular complexity index is 715. The first kappa shape index (κ1) is 11.6. The molecule has 0 bridgehead atoms. The van der Waals surface area contributed by atoms with Gasteiger partial charge in [0.15, 0.2) is 0 Å². The van der Waals surface area contributed by atoms with Crippen LogP contribution in [0.1, 0.15) is 0 Å². The van der Waals surface area contributed by atoms with Gasteiger partial charge >= 0.3 is 0 Å². The predicted molar refractivity (Wildman–Crippen MR) is 83.3 cm³/mol. The second-order valence-corrected chi connectivity index (χ2v) is 4.58. The lowest BCUT2D eigenvalue weighted by Gasteiger charge is -2.11. The summed E-state index contributed by atoms with van der Waals surface area (Å²) in [5, 5.41) is 5.72. The summed E-state index contributed by atoms with van der Waals surface area (Å²) >= 11 is 0. The van der Waals surface area contributed by atoms with Crippen molar-refractivity contribution in [1.29, 1.82) is 0 Å². The van der Waals surface area contributed by atoms with Crippen molar-refractivity contribution in [3.63, 3.8) is 0 Å². The van der Waals surface area contributed by atoms with Crippen LogP contribution in [0.2, 0.25) is 0 Å². The number of hydrogen-bond acceptors (Lipinski definition) is 2. The van der Waals surface area contributed by atoms with E-state index in [0.29, 0.717) is 0 Å². The monoisotopic (exact) mass is 248 g/mol. The Balaban J connectivity index is 2.27. The minimum absolute atomic E-state index is 0.792. The van der Waals surface area contributed by atoms with Gasteiger partial charge in [-0.15, -0.1) is 0 Å². The van der Waals surface area contributed by atoms with Gasteiger partial charge < -0.3 is 11.1 Å². The lowest BCUT2D eigenvalue weighted by molar-refractivity contribution is 1.54. The molecule has 3 aromatic rings. The minimum atomic E-state index is 0.792. The third-order valence-corrected chi connectivity index (χ3v) is 3.42. The van der Waals surface area contributed by atoms with Crippen LogP contribution in [0.15, 0.2) is 60.7 Å². The number of nitrogens with one attached hydrogen (secondary N) is 1. The average Bonchev–Trinajstić information content (AvgIpc) is 2.47. The summed E-state index contributed by atoms with van der Waals surface area (Å²) in [7, 11) is 1.95. The molecule has 0 aromatic heterocycles. The number of nitrogens with two attached hydrogens (primary N) is 1. The van der Waals surface area contributed by atoms with Crippen LogP contribution in [0.4, 0.5) is 11.4 Å². The first-order chi connectivity index (χ1) is 9.29. The van der Waals surface area contributed by atoms with Crippen LogP contribution in [0, 0.1) is 0 Å². The molecule has 0 amide bonds. The fraction of sp³-hybridized carbons (Fsp3) is 0.0588. The Kier molecular flexibility index (Phi) is 2.84. The van der Waals surface area contributed by atoms with Crippen molar-refractivity contribution in [1.82, 2.24) is 0 Å². The van der Waals surface area contributed by atoms with E-state index in [9.17, 15) is 0 Å². The summed E-state index contributed by atoms with van der Waals surface area (Å²) in [6, 6.07) is 20.7. The molecule has 0 aliphatic heterocycles. The van der Waals surface area contributed by atoms with Gasteiger partial charge in [0, 0.05) is 23.8 Å². The van der Waals surface area contributed by atoms with Gasteiger partial charge in [-0.1, -0.05) is 42.5 Å². The van der Waals surface area contributed by atoms with Gasteiger partial charge in [0.25, 0.3) is 0 Å². The van der Waals surface area contributed by atoms with Crippen LogP contribution in [0.5, 0.6) is 0 Å². The van der Waals surface area contributed by atoms with E-state index in [2.05, 4.69) is 53.8 Å². The maximum Gasteiger partial charge on any atom is 0.0417 e. The van der Waals surface area contributed by atoms with E-state index in [1.165, 1.54) is 21.9 Å². The predicted octanol–water partition coefficient (Wildman–Crippen LogP) is 4.13. The number of anilines is 2. The van der Waals surface area contributed by atoms with Gasteiger partial charge in [-0.05, 0) is 34.7 Å². The quantitative estimate of drug-likeness (QED) is 0.669. The minimum Gasteiger partial charge on any atom is -0.399 e. The molecule has 2 nitrogen and oxygen atoms in total. The van der Waals surface area contributed by atoms with Crippen molar-refractivity contribution in [3.8, 4) is 11.1 Å². The zero-order chi connectivity index (χ0) is 13.2. The smallest absolute Gasteiger partial charge is 0.0417 e. The first-order valence-corrected chi connectivity index (χ1v) is 6.35. The van der Waals surface area contributed by atoms with Gasteiger partial charge in [-0.3, -0.25) is 0 Å². The molecule has 94 valence electrons. The lowest BCUT2D eigenvalue weighted by Crippen LogP contribution is -1.91. The number of benzene rings is 3. The molecule has 3 N–H and O–H groups in total. The Morgan fingerprint density at radius 2 is 1.47 bits per heavy atom. The van der Waals surface area contributed by atoms with Gasteiger partial charge in [0.05, 0.1) is 0 Å². The van der Waals surface area contributed by atoms with Gasteiger partial charge in [0.1, 0.15) is 0 Å². The maximum absolute atomic E-state index is 5.75. The standard InChI is InChI=1S/C17H16N2/c1-19-17-11-10-14(12-6-8-13(18)9-7-12)15-4-2-3-5-16(15)17/h2-11,19H,18H2,1H3. The first-order valence-electron chi connectivity index (χ1n) is 6.35.